The molecule has 0 radical (unpaired) electrons. The van der Waals surface area contributed by atoms with Gasteiger partial charge in [-0.3, -0.25) is 14.6 Å². The van der Waals surface area contributed by atoms with Crippen LogP contribution in [0.25, 0.3) is 5.69 Å². The molecule has 0 saturated heterocycles. The van der Waals surface area contributed by atoms with Crippen molar-refractivity contribution in [3.63, 3.8) is 0 Å². The zero-order valence-electron chi connectivity index (χ0n) is 23.0. The first-order chi connectivity index (χ1) is 20.6. The maximum Gasteiger partial charge on any atom is 0.299 e. The van der Waals surface area contributed by atoms with Crippen LogP contribution in [-0.4, -0.2) is 27.8 Å². The minimum absolute atomic E-state index is 0.189. The third-order valence-electron chi connectivity index (χ3n) is 7.13. The van der Waals surface area contributed by atoms with Crippen molar-refractivity contribution in [3.8, 4) is 22.9 Å². The van der Waals surface area contributed by atoms with Crippen molar-refractivity contribution in [3.05, 3.63) is 130 Å². The number of aryl methyl sites for hydroxylation is 2. The summed E-state index contributed by atoms with van der Waals surface area (Å²) in [6.07, 6.45) is 8.10. The van der Waals surface area contributed by atoms with Crippen LogP contribution in [0.2, 0.25) is 0 Å². The molecule has 6 rings (SSSR count). The van der Waals surface area contributed by atoms with Gasteiger partial charge >= 0.3 is 0 Å². The van der Waals surface area contributed by atoms with Gasteiger partial charge in [-0.15, -0.1) is 0 Å². The number of anilines is 2. The summed E-state index contributed by atoms with van der Waals surface area (Å²) in [6.45, 7) is 0.347. The number of hydrogen-bond acceptors (Lipinski definition) is 7. The third-order valence-corrected chi connectivity index (χ3v) is 7.13. The van der Waals surface area contributed by atoms with Crippen LogP contribution in [0.5, 0.6) is 17.2 Å². The predicted octanol–water partition coefficient (Wildman–Crippen LogP) is 5.59. The highest BCUT2D eigenvalue weighted by molar-refractivity contribution is 5.95. The summed E-state index contributed by atoms with van der Waals surface area (Å²) in [5, 5.41) is 10.5. The van der Waals surface area contributed by atoms with Gasteiger partial charge in [0, 0.05) is 30.2 Å². The first kappa shape index (κ1) is 26.8. The van der Waals surface area contributed by atoms with Crippen LogP contribution in [0, 0.1) is 0 Å². The van der Waals surface area contributed by atoms with Gasteiger partial charge in [0.1, 0.15) is 11.5 Å². The lowest BCUT2D eigenvalue weighted by atomic mass is 10.1. The molecule has 1 aliphatic carbocycles. The maximum atomic E-state index is 13.8. The van der Waals surface area contributed by atoms with Crippen molar-refractivity contribution in [2.45, 2.75) is 25.8 Å². The molecule has 0 unspecified atom stereocenters. The molecule has 0 saturated carbocycles. The number of rotatable bonds is 9. The minimum atomic E-state index is -0.412. The van der Waals surface area contributed by atoms with Gasteiger partial charge in [0.25, 0.3) is 11.5 Å². The summed E-state index contributed by atoms with van der Waals surface area (Å²) in [5.41, 5.74) is 4.81. The summed E-state index contributed by atoms with van der Waals surface area (Å²) in [5.74, 6) is 1.32. The molecule has 2 heterocycles. The van der Waals surface area contributed by atoms with E-state index in [1.165, 1.54) is 22.0 Å². The van der Waals surface area contributed by atoms with Gasteiger partial charge in [0.05, 0.1) is 19.0 Å². The van der Waals surface area contributed by atoms with Crippen LogP contribution in [0.15, 0.2) is 102 Å². The van der Waals surface area contributed by atoms with E-state index in [0.717, 1.165) is 24.8 Å². The van der Waals surface area contributed by atoms with E-state index in [-0.39, 0.29) is 17.3 Å². The Morgan fingerprint density at radius 3 is 2.57 bits per heavy atom. The van der Waals surface area contributed by atoms with Crippen molar-refractivity contribution >= 4 is 17.3 Å². The molecular weight excluding hydrogens is 530 g/mol. The van der Waals surface area contributed by atoms with Gasteiger partial charge in [0.2, 0.25) is 0 Å². The predicted molar refractivity (Wildman–Crippen MR) is 160 cm³/mol. The van der Waals surface area contributed by atoms with E-state index in [1.807, 2.05) is 24.3 Å². The number of hydrogen-bond donors (Lipinski definition) is 2. The first-order valence-corrected chi connectivity index (χ1v) is 13.7. The Hall–Kier alpha value is -5.44. The van der Waals surface area contributed by atoms with Crippen molar-refractivity contribution < 1.29 is 14.3 Å². The highest BCUT2D eigenvalue weighted by atomic mass is 16.5. The van der Waals surface area contributed by atoms with Crippen molar-refractivity contribution in [1.82, 2.24) is 20.1 Å². The largest absolute Gasteiger partial charge is 0.497 e. The zero-order valence-corrected chi connectivity index (χ0v) is 23.0. The minimum Gasteiger partial charge on any atom is -0.497 e. The number of carbonyl (C=O) groups excluding carboxylic acids is 1. The molecule has 0 aliphatic heterocycles. The van der Waals surface area contributed by atoms with Crippen molar-refractivity contribution in [2.24, 2.45) is 0 Å². The highest BCUT2D eigenvalue weighted by Crippen LogP contribution is 2.32. The summed E-state index contributed by atoms with van der Waals surface area (Å²) in [6, 6.07) is 23.7. The molecule has 210 valence electrons. The van der Waals surface area contributed by atoms with Crippen LogP contribution in [0.1, 0.15) is 33.5 Å². The van der Waals surface area contributed by atoms with Crippen molar-refractivity contribution in [2.75, 3.05) is 12.4 Å². The van der Waals surface area contributed by atoms with E-state index in [2.05, 4.69) is 26.8 Å². The second kappa shape index (κ2) is 12.0. The monoisotopic (exact) mass is 559 g/mol. The van der Waals surface area contributed by atoms with Gasteiger partial charge in [-0.1, -0.05) is 18.2 Å². The lowest BCUT2D eigenvalue weighted by molar-refractivity contribution is 0.0951. The topological polar surface area (TPSA) is 107 Å². The number of fused-ring (bicyclic) bond motifs is 1. The summed E-state index contributed by atoms with van der Waals surface area (Å²) in [4.78, 5) is 30.8. The van der Waals surface area contributed by atoms with Gasteiger partial charge in [-0.25, -0.2) is 0 Å². The number of carbonyl (C=O) groups is 1. The molecule has 0 atom stereocenters. The second-order valence-electron chi connectivity index (χ2n) is 9.93. The molecule has 9 nitrogen and oxygen atoms in total. The second-order valence-corrected chi connectivity index (χ2v) is 9.93. The standard InChI is InChI=1S/C33H29N5O4/c1-41-28-14-11-27(12-15-28)38-33(40)31(30(21-36-38)42-29-13-10-23-6-2-7-24(23)18-29)37-26-9-3-8-25(17-26)32(39)35-20-22-5-4-16-34-19-22/h3-5,8-19,21,37H,2,6-7,20H2,1H3,(H,35,39). The Morgan fingerprint density at radius 2 is 1.76 bits per heavy atom. The molecule has 1 amide bonds. The van der Waals surface area contributed by atoms with E-state index >= 15 is 0 Å². The van der Waals surface area contributed by atoms with Crippen LogP contribution in [0.4, 0.5) is 11.4 Å². The maximum absolute atomic E-state index is 13.8. The number of pyridine rings is 1. The highest BCUT2D eigenvalue weighted by Gasteiger charge is 2.18. The molecule has 0 bridgehead atoms. The summed E-state index contributed by atoms with van der Waals surface area (Å²) < 4.78 is 12.8. The fourth-order valence-electron chi connectivity index (χ4n) is 4.95. The fraction of sp³-hybridized carbons (Fsp3) is 0.152. The fourth-order valence-corrected chi connectivity index (χ4v) is 4.95. The molecule has 42 heavy (non-hydrogen) atoms. The molecular formula is C33H29N5O4. The Morgan fingerprint density at radius 1 is 0.929 bits per heavy atom. The number of nitrogens with one attached hydrogen (secondary N) is 2. The lowest BCUT2D eigenvalue weighted by Crippen LogP contribution is -2.24. The quantitative estimate of drug-likeness (QED) is 0.242. The number of aromatic nitrogens is 3. The van der Waals surface area contributed by atoms with Crippen LogP contribution >= 0.6 is 0 Å². The van der Waals surface area contributed by atoms with Gasteiger partial charge in [-0.05, 0) is 96.6 Å². The Labute approximate surface area is 242 Å². The van der Waals surface area contributed by atoms with Crippen LogP contribution < -0.4 is 25.7 Å². The van der Waals surface area contributed by atoms with Gasteiger partial charge < -0.3 is 20.1 Å². The van der Waals surface area contributed by atoms with E-state index in [9.17, 15) is 9.59 Å². The smallest absolute Gasteiger partial charge is 0.299 e. The summed E-state index contributed by atoms with van der Waals surface area (Å²) in [7, 11) is 1.58. The molecule has 3 aromatic carbocycles. The Balaban J connectivity index is 1.32. The van der Waals surface area contributed by atoms with Crippen LogP contribution in [0.3, 0.4) is 0 Å². The summed E-state index contributed by atoms with van der Waals surface area (Å²) >= 11 is 0. The number of nitrogens with zero attached hydrogens (tertiary/aromatic N) is 3. The average Bonchev–Trinajstić information content (AvgIpc) is 3.50. The number of amides is 1. The molecule has 1 aliphatic rings. The molecule has 0 spiro atoms. The zero-order chi connectivity index (χ0) is 28.9. The lowest BCUT2D eigenvalue weighted by Gasteiger charge is -2.16. The average molecular weight is 560 g/mol. The first-order valence-electron chi connectivity index (χ1n) is 13.7. The van der Waals surface area contributed by atoms with E-state index in [0.29, 0.717) is 35.0 Å². The van der Waals surface area contributed by atoms with Crippen molar-refractivity contribution in [1.29, 1.82) is 0 Å². The van der Waals surface area contributed by atoms with Crippen LogP contribution in [-0.2, 0) is 19.4 Å². The molecule has 0 fully saturated rings. The SMILES string of the molecule is COc1ccc(-n2ncc(Oc3ccc4c(c3)CCC4)c(Nc3cccc(C(=O)NCc4cccnc4)c3)c2=O)cc1. The number of ether oxygens (including phenoxy) is 2. The van der Waals surface area contributed by atoms with Gasteiger partial charge in [0.15, 0.2) is 11.4 Å². The van der Waals surface area contributed by atoms with E-state index in [4.69, 9.17) is 9.47 Å². The normalized spacial score (nSPS) is 11.9. The Kier molecular flexibility index (Phi) is 7.63. The number of benzene rings is 3. The number of methoxy groups -OCH3 is 1. The molecule has 9 heteroatoms. The third kappa shape index (κ3) is 5.85. The van der Waals surface area contributed by atoms with Gasteiger partial charge in [-0.2, -0.15) is 9.78 Å². The molecule has 2 aromatic heterocycles. The molecule has 2 N–H and O–H groups in total. The molecule has 5 aromatic rings. The van der Waals surface area contributed by atoms with E-state index < -0.39 is 5.56 Å². The Bertz CT molecular complexity index is 1790. The van der Waals surface area contributed by atoms with E-state index in [1.54, 1.807) is 68.0 Å².